The molecular weight excluding hydrogens is 506 g/mol. The van der Waals surface area contributed by atoms with Gasteiger partial charge in [-0.1, -0.05) is 57.9 Å². The molecule has 0 aliphatic heterocycles. The van der Waals surface area contributed by atoms with E-state index in [1.54, 1.807) is 6.20 Å². The third kappa shape index (κ3) is 5.01. The van der Waals surface area contributed by atoms with Crippen molar-refractivity contribution in [3.63, 3.8) is 0 Å². The Kier molecular flexibility index (Phi) is 6.84. The first-order valence-corrected chi connectivity index (χ1v) is 11.6. The Morgan fingerprint density at radius 3 is 2.37 bits per heavy atom. The highest BCUT2D eigenvalue weighted by Gasteiger charge is 2.37. The van der Waals surface area contributed by atoms with Gasteiger partial charge in [-0.2, -0.15) is 5.26 Å². The van der Waals surface area contributed by atoms with Crippen molar-refractivity contribution >= 4 is 43.8 Å². The Bertz CT molecular complexity index is 1010. The van der Waals surface area contributed by atoms with Gasteiger partial charge in [0.05, 0.1) is 11.2 Å². The van der Waals surface area contributed by atoms with Crippen molar-refractivity contribution in [2.75, 3.05) is 0 Å². The molecule has 1 saturated carbocycles. The van der Waals surface area contributed by atoms with Crippen LogP contribution in [-0.2, 0) is 15.7 Å². The van der Waals surface area contributed by atoms with Gasteiger partial charge in [0.2, 0.25) is 0 Å². The molecule has 1 aromatic heterocycles. The number of nitrogens with one attached hydrogen (secondary N) is 1. The van der Waals surface area contributed by atoms with E-state index in [9.17, 15) is 10.1 Å². The Hall–Kier alpha value is -1.97. The fourth-order valence-electron chi connectivity index (χ4n) is 3.85. The molecule has 0 saturated heterocycles. The van der Waals surface area contributed by atoms with Gasteiger partial charge < -0.3 is 5.32 Å². The molecule has 1 amide bonds. The molecule has 0 radical (unpaired) electrons. The quantitative estimate of drug-likeness (QED) is 0.367. The number of halogens is 2. The molecular formula is C24H25Br2N3O. The molecule has 156 valence electrons. The van der Waals surface area contributed by atoms with Crippen molar-refractivity contribution in [3.8, 4) is 6.07 Å². The molecule has 4 nitrogen and oxygen atoms in total. The number of amides is 1. The standard InChI is InChI=1S/C24H25Br2N3O/c1-23(2,3)17-6-8-18(9-7-17)24(10-4-5-11-24)29-22(30)16(14-27)12-21-20(26)13-19(25)15-28-21/h6-9,12-13,15H,4-5,10-11H2,1-3H3,(H,29,30). The van der Waals surface area contributed by atoms with E-state index in [1.807, 2.05) is 12.1 Å². The van der Waals surface area contributed by atoms with E-state index < -0.39 is 5.54 Å². The van der Waals surface area contributed by atoms with Crippen LogP contribution in [-0.4, -0.2) is 10.9 Å². The summed E-state index contributed by atoms with van der Waals surface area (Å²) in [5.74, 6) is -0.365. The average Bonchev–Trinajstić information content (AvgIpc) is 3.16. The molecule has 0 bridgehead atoms. The third-order valence-electron chi connectivity index (χ3n) is 5.60. The number of benzene rings is 1. The number of hydrogen-bond acceptors (Lipinski definition) is 3. The Balaban J connectivity index is 1.89. The largest absolute Gasteiger partial charge is 0.342 e. The molecule has 0 unspecified atom stereocenters. The van der Waals surface area contributed by atoms with Crippen LogP contribution in [0.2, 0.25) is 0 Å². The van der Waals surface area contributed by atoms with Gasteiger partial charge >= 0.3 is 0 Å². The molecule has 2 aromatic rings. The second kappa shape index (κ2) is 9.03. The lowest BCUT2D eigenvalue weighted by molar-refractivity contribution is -0.119. The van der Waals surface area contributed by atoms with Crippen LogP contribution in [0.5, 0.6) is 0 Å². The van der Waals surface area contributed by atoms with Crippen molar-refractivity contribution in [2.45, 2.75) is 57.4 Å². The molecule has 0 atom stereocenters. The summed E-state index contributed by atoms with van der Waals surface area (Å²) in [6.07, 6.45) is 6.99. The van der Waals surface area contributed by atoms with E-state index in [0.29, 0.717) is 10.2 Å². The molecule has 0 spiro atoms. The smallest absolute Gasteiger partial charge is 0.262 e. The molecule has 3 rings (SSSR count). The Morgan fingerprint density at radius 2 is 1.83 bits per heavy atom. The normalized spacial score (nSPS) is 16.2. The van der Waals surface area contributed by atoms with Crippen molar-refractivity contribution in [1.82, 2.24) is 10.3 Å². The zero-order valence-corrected chi connectivity index (χ0v) is 20.6. The zero-order chi connectivity index (χ0) is 21.9. The van der Waals surface area contributed by atoms with Gasteiger partial charge in [-0.25, -0.2) is 0 Å². The summed E-state index contributed by atoms with van der Waals surface area (Å²) < 4.78 is 1.53. The van der Waals surface area contributed by atoms with E-state index in [4.69, 9.17) is 0 Å². The predicted molar refractivity (Wildman–Crippen MR) is 127 cm³/mol. The first-order chi connectivity index (χ1) is 14.1. The summed E-state index contributed by atoms with van der Waals surface area (Å²) in [5, 5.41) is 12.8. The molecule has 30 heavy (non-hydrogen) atoms. The molecule has 1 heterocycles. The first kappa shape index (κ1) is 22.7. The number of carbonyl (C=O) groups is 1. The van der Waals surface area contributed by atoms with Crippen LogP contribution < -0.4 is 5.32 Å². The maximum Gasteiger partial charge on any atom is 0.262 e. The molecule has 1 N–H and O–H groups in total. The SMILES string of the molecule is CC(C)(C)c1ccc(C2(NC(=O)C(C#N)=Cc3ncc(Br)cc3Br)CCCC2)cc1. The first-order valence-electron chi connectivity index (χ1n) is 10.0. The van der Waals surface area contributed by atoms with Gasteiger partial charge in [0.25, 0.3) is 5.91 Å². The Morgan fingerprint density at radius 1 is 1.20 bits per heavy atom. The number of hydrogen-bond donors (Lipinski definition) is 1. The summed E-state index contributed by atoms with van der Waals surface area (Å²) in [7, 11) is 0. The Labute approximate surface area is 195 Å². The van der Waals surface area contributed by atoms with Gasteiger partial charge in [-0.15, -0.1) is 0 Å². The molecule has 1 fully saturated rings. The van der Waals surface area contributed by atoms with Crippen LogP contribution in [0, 0.1) is 11.3 Å². The monoisotopic (exact) mass is 529 g/mol. The number of nitriles is 1. The summed E-state index contributed by atoms with van der Waals surface area (Å²) in [6.45, 7) is 6.56. The van der Waals surface area contributed by atoms with Gasteiger partial charge in [0.1, 0.15) is 11.6 Å². The summed E-state index contributed by atoms with van der Waals surface area (Å²) in [4.78, 5) is 17.4. The van der Waals surface area contributed by atoms with Crippen LogP contribution in [0.3, 0.4) is 0 Å². The van der Waals surface area contributed by atoms with E-state index >= 15 is 0 Å². The number of nitrogens with zero attached hydrogens (tertiary/aromatic N) is 2. The topological polar surface area (TPSA) is 65.8 Å². The lowest BCUT2D eigenvalue weighted by Crippen LogP contribution is -2.44. The van der Waals surface area contributed by atoms with Crippen LogP contribution in [0.1, 0.15) is 63.3 Å². The fourth-order valence-corrected chi connectivity index (χ4v) is 4.96. The lowest BCUT2D eigenvalue weighted by Gasteiger charge is -2.32. The molecule has 1 aliphatic rings. The van der Waals surface area contributed by atoms with E-state index in [1.165, 1.54) is 11.6 Å². The molecule has 1 aliphatic carbocycles. The summed E-state index contributed by atoms with van der Waals surface area (Å²) >= 11 is 6.79. The summed E-state index contributed by atoms with van der Waals surface area (Å²) in [5.41, 5.74) is 2.58. The number of carbonyl (C=O) groups excluding carboxylic acids is 1. The van der Waals surface area contributed by atoms with E-state index in [-0.39, 0.29) is 16.9 Å². The minimum Gasteiger partial charge on any atom is -0.342 e. The van der Waals surface area contributed by atoms with Crippen molar-refractivity contribution in [2.24, 2.45) is 0 Å². The second-order valence-corrected chi connectivity index (χ2v) is 10.5. The maximum atomic E-state index is 13.1. The van der Waals surface area contributed by atoms with Crippen LogP contribution in [0.4, 0.5) is 0 Å². The van der Waals surface area contributed by atoms with Crippen molar-refractivity contribution in [3.05, 3.63) is 67.9 Å². The molecule has 1 aromatic carbocycles. The van der Waals surface area contributed by atoms with Gasteiger partial charge in [-0.3, -0.25) is 9.78 Å². The highest BCUT2D eigenvalue weighted by molar-refractivity contribution is 9.11. The van der Waals surface area contributed by atoms with Gasteiger partial charge in [-0.05, 0) is 73.4 Å². The van der Waals surface area contributed by atoms with E-state index in [2.05, 4.69) is 87.2 Å². The van der Waals surface area contributed by atoms with Gasteiger partial charge in [0, 0.05) is 15.1 Å². The fraction of sp³-hybridized carbons (Fsp3) is 0.375. The minimum absolute atomic E-state index is 0.0445. The van der Waals surface area contributed by atoms with Crippen LogP contribution in [0.15, 0.2) is 51.0 Å². The summed E-state index contributed by atoms with van der Waals surface area (Å²) in [6, 6.07) is 12.4. The molecule has 6 heteroatoms. The van der Waals surface area contributed by atoms with Crippen molar-refractivity contribution < 1.29 is 4.79 Å². The number of aromatic nitrogens is 1. The van der Waals surface area contributed by atoms with Crippen LogP contribution in [0.25, 0.3) is 6.08 Å². The lowest BCUT2D eigenvalue weighted by atomic mass is 9.83. The zero-order valence-electron chi connectivity index (χ0n) is 17.4. The maximum absolute atomic E-state index is 13.1. The van der Waals surface area contributed by atoms with E-state index in [0.717, 1.165) is 35.7 Å². The van der Waals surface area contributed by atoms with Gasteiger partial charge in [0.15, 0.2) is 0 Å². The van der Waals surface area contributed by atoms with Crippen LogP contribution >= 0.6 is 31.9 Å². The predicted octanol–water partition coefficient (Wildman–Crippen LogP) is 6.40. The third-order valence-corrected chi connectivity index (χ3v) is 6.66. The minimum atomic E-state index is -0.437. The van der Waals surface area contributed by atoms with Crippen molar-refractivity contribution in [1.29, 1.82) is 5.26 Å². The number of pyridine rings is 1. The number of rotatable bonds is 4. The second-order valence-electron chi connectivity index (χ2n) is 8.76. The highest BCUT2D eigenvalue weighted by Crippen LogP contribution is 2.39. The average molecular weight is 531 g/mol. The highest BCUT2D eigenvalue weighted by atomic mass is 79.9.